The zero-order valence-corrected chi connectivity index (χ0v) is 13.7. The molecule has 116 valence electrons. The van der Waals surface area contributed by atoms with Crippen LogP contribution in [0.3, 0.4) is 0 Å². The van der Waals surface area contributed by atoms with Gasteiger partial charge in [-0.15, -0.1) is 0 Å². The molecule has 3 atom stereocenters. The van der Waals surface area contributed by atoms with E-state index in [1.54, 1.807) is 17.8 Å². The third-order valence-corrected chi connectivity index (χ3v) is 5.47. The van der Waals surface area contributed by atoms with Crippen LogP contribution in [0.5, 0.6) is 0 Å². The van der Waals surface area contributed by atoms with Crippen LogP contribution in [0.25, 0.3) is 0 Å². The molecule has 3 heterocycles. The van der Waals surface area contributed by atoms with Gasteiger partial charge in [0.1, 0.15) is 6.10 Å². The van der Waals surface area contributed by atoms with Gasteiger partial charge in [-0.1, -0.05) is 6.92 Å². The van der Waals surface area contributed by atoms with Gasteiger partial charge in [0.05, 0.1) is 25.1 Å². The number of allylic oxidation sites excluding steroid dienone is 1. The second-order valence-corrected chi connectivity index (χ2v) is 6.91. The van der Waals surface area contributed by atoms with Crippen LogP contribution in [0.1, 0.15) is 33.6 Å². The monoisotopic (exact) mass is 311 g/mol. The minimum Gasteiger partial charge on any atom is -0.486 e. The molecule has 21 heavy (non-hydrogen) atoms. The fraction of sp³-hybridized carbons (Fsp3) is 0.667. The zero-order chi connectivity index (χ0) is 15.2. The molecular formula is C15H21NO4S. The van der Waals surface area contributed by atoms with Gasteiger partial charge >= 0.3 is 5.97 Å². The summed E-state index contributed by atoms with van der Waals surface area (Å²) in [6, 6.07) is 0. The summed E-state index contributed by atoms with van der Waals surface area (Å²) in [7, 11) is 1.40. The van der Waals surface area contributed by atoms with E-state index in [0.717, 1.165) is 29.3 Å². The van der Waals surface area contributed by atoms with E-state index in [9.17, 15) is 4.79 Å². The van der Waals surface area contributed by atoms with Gasteiger partial charge in [-0.05, 0) is 37.9 Å². The second kappa shape index (κ2) is 5.25. The van der Waals surface area contributed by atoms with Crippen molar-refractivity contribution >= 4 is 17.7 Å². The summed E-state index contributed by atoms with van der Waals surface area (Å²) in [5, 5.41) is 0.442. The largest absolute Gasteiger partial charge is 0.486 e. The Morgan fingerprint density at radius 3 is 3.05 bits per heavy atom. The zero-order valence-electron chi connectivity index (χ0n) is 12.8. The van der Waals surface area contributed by atoms with Crippen molar-refractivity contribution in [2.45, 2.75) is 44.8 Å². The number of carbonyl (C=O) groups excluding carboxylic acids is 1. The quantitative estimate of drug-likeness (QED) is 0.590. The molecule has 0 N–H and O–H groups in total. The van der Waals surface area contributed by atoms with Crippen molar-refractivity contribution in [3.8, 4) is 0 Å². The Bertz CT molecular complexity index is 530. The third-order valence-electron chi connectivity index (χ3n) is 4.10. The highest BCUT2D eigenvalue weighted by Crippen LogP contribution is 2.60. The molecule has 2 bridgehead atoms. The summed E-state index contributed by atoms with van der Waals surface area (Å²) in [4.78, 5) is 13.8. The highest BCUT2D eigenvalue weighted by Gasteiger charge is 2.59. The van der Waals surface area contributed by atoms with E-state index in [2.05, 4.69) is 11.8 Å². The van der Waals surface area contributed by atoms with Crippen LogP contribution in [-0.2, 0) is 19.0 Å². The molecule has 0 aromatic rings. The second-order valence-electron chi connectivity index (χ2n) is 5.70. The van der Waals surface area contributed by atoms with Gasteiger partial charge < -0.3 is 19.1 Å². The van der Waals surface area contributed by atoms with E-state index in [-0.39, 0.29) is 12.1 Å². The SMILES string of the molecule is CCOC1=C(C)N2/C(=C/C(=O)OC)[C@@H]3C[C@@H](C)C[C@]2(O3)S1. The number of hydrogen-bond donors (Lipinski definition) is 0. The number of thioether (sulfide) groups is 1. The van der Waals surface area contributed by atoms with E-state index in [4.69, 9.17) is 14.2 Å². The molecule has 0 aliphatic carbocycles. The number of methoxy groups -OCH3 is 1. The lowest BCUT2D eigenvalue weighted by Gasteiger charge is -2.35. The first-order chi connectivity index (χ1) is 10.0. The topological polar surface area (TPSA) is 48.0 Å². The number of rotatable bonds is 3. The van der Waals surface area contributed by atoms with Crippen LogP contribution in [0, 0.1) is 5.92 Å². The Labute approximate surface area is 129 Å². The lowest BCUT2D eigenvalue weighted by molar-refractivity contribution is -0.135. The molecule has 3 rings (SSSR count). The molecule has 0 aromatic heterocycles. The maximum absolute atomic E-state index is 11.7. The van der Waals surface area contributed by atoms with Crippen LogP contribution in [0.4, 0.5) is 0 Å². The smallest absolute Gasteiger partial charge is 0.332 e. The van der Waals surface area contributed by atoms with E-state index >= 15 is 0 Å². The third kappa shape index (κ3) is 2.25. The molecule has 3 aliphatic rings. The molecule has 0 amide bonds. The summed E-state index contributed by atoms with van der Waals surface area (Å²) < 4.78 is 16.8. The van der Waals surface area contributed by atoms with Gasteiger partial charge in [-0.25, -0.2) is 4.79 Å². The van der Waals surface area contributed by atoms with Crippen LogP contribution < -0.4 is 0 Å². The first-order valence-corrected chi connectivity index (χ1v) is 8.12. The fourth-order valence-electron chi connectivity index (χ4n) is 3.35. The molecule has 0 aromatic carbocycles. The molecule has 2 saturated heterocycles. The van der Waals surface area contributed by atoms with Gasteiger partial charge in [0.15, 0.2) is 5.09 Å². The summed E-state index contributed by atoms with van der Waals surface area (Å²) in [5.41, 5.74) is 1.92. The van der Waals surface area contributed by atoms with E-state index in [0.29, 0.717) is 12.5 Å². The number of carbonyl (C=O) groups is 1. The maximum atomic E-state index is 11.7. The average Bonchev–Trinajstić information content (AvgIpc) is 2.79. The molecule has 3 aliphatic heterocycles. The first kappa shape index (κ1) is 14.8. The van der Waals surface area contributed by atoms with Gasteiger partial charge in [0.2, 0.25) is 5.06 Å². The van der Waals surface area contributed by atoms with Gasteiger partial charge in [-0.2, -0.15) is 0 Å². The standard InChI is InChI=1S/C15H21NO4S/c1-5-19-14-10(3)16-11(7-13(17)18-4)12-6-9(2)8-15(16,20-12)21-14/h7,9,12H,5-6,8H2,1-4H3/b11-7+/t9-,12+,15+/m1/s1. The molecule has 0 saturated carbocycles. The van der Waals surface area contributed by atoms with Crippen LogP contribution >= 0.6 is 11.8 Å². The van der Waals surface area contributed by atoms with Crippen molar-refractivity contribution in [2.24, 2.45) is 5.92 Å². The predicted molar refractivity (Wildman–Crippen MR) is 79.9 cm³/mol. The Hall–Kier alpha value is -1.14. The van der Waals surface area contributed by atoms with Crippen LogP contribution in [0.2, 0.25) is 0 Å². The van der Waals surface area contributed by atoms with Crippen LogP contribution in [0.15, 0.2) is 22.6 Å². The van der Waals surface area contributed by atoms with Crippen molar-refractivity contribution in [1.29, 1.82) is 0 Å². The molecule has 0 unspecified atom stereocenters. The Balaban J connectivity index is 2.02. The predicted octanol–water partition coefficient (Wildman–Crippen LogP) is 2.80. The fourth-order valence-corrected chi connectivity index (χ4v) is 4.92. The molecule has 2 fully saturated rings. The Kier molecular flexibility index (Phi) is 3.69. The Morgan fingerprint density at radius 2 is 2.38 bits per heavy atom. The normalized spacial score (nSPS) is 36.2. The Morgan fingerprint density at radius 1 is 1.62 bits per heavy atom. The molecule has 6 heteroatoms. The molecule has 0 radical (unpaired) electrons. The van der Waals surface area contributed by atoms with Crippen molar-refractivity contribution in [2.75, 3.05) is 13.7 Å². The summed E-state index contributed by atoms with van der Waals surface area (Å²) in [5.74, 6) is 0.197. The maximum Gasteiger partial charge on any atom is 0.332 e. The summed E-state index contributed by atoms with van der Waals surface area (Å²) in [6.07, 6.45) is 3.36. The van der Waals surface area contributed by atoms with Crippen molar-refractivity contribution in [1.82, 2.24) is 4.90 Å². The van der Waals surface area contributed by atoms with Crippen molar-refractivity contribution < 1.29 is 19.0 Å². The molecular weight excluding hydrogens is 290 g/mol. The number of nitrogens with zero attached hydrogens (tertiary/aromatic N) is 1. The highest BCUT2D eigenvalue weighted by atomic mass is 32.2. The average molecular weight is 311 g/mol. The highest BCUT2D eigenvalue weighted by molar-refractivity contribution is 8.04. The molecule has 1 spiro atoms. The van der Waals surface area contributed by atoms with Crippen molar-refractivity contribution in [3.05, 3.63) is 22.6 Å². The van der Waals surface area contributed by atoms with Crippen LogP contribution in [-0.4, -0.2) is 35.7 Å². The lowest BCUT2D eigenvalue weighted by Crippen LogP contribution is -2.39. The minimum absolute atomic E-state index is 0.0431. The lowest BCUT2D eigenvalue weighted by atomic mass is 9.97. The first-order valence-electron chi connectivity index (χ1n) is 7.31. The van der Waals surface area contributed by atoms with Gasteiger partial charge in [-0.3, -0.25) is 0 Å². The van der Waals surface area contributed by atoms with Gasteiger partial charge in [0.25, 0.3) is 0 Å². The summed E-state index contributed by atoms with van der Waals surface area (Å²) in [6.45, 7) is 6.84. The number of hydrogen-bond acceptors (Lipinski definition) is 6. The number of esters is 1. The number of ether oxygens (including phenoxy) is 3. The van der Waals surface area contributed by atoms with E-state index in [1.807, 2.05) is 13.8 Å². The van der Waals surface area contributed by atoms with Crippen molar-refractivity contribution in [3.63, 3.8) is 0 Å². The number of fused-ring (bicyclic) bond motifs is 1. The van der Waals surface area contributed by atoms with E-state index < -0.39 is 5.06 Å². The van der Waals surface area contributed by atoms with Gasteiger partial charge in [0, 0.05) is 12.5 Å². The molecule has 5 nitrogen and oxygen atoms in total. The summed E-state index contributed by atoms with van der Waals surface area (Å²) >= 11 is 1.63. The minimum atomic E-state index is -0.448. The van der Waals surface area contributed by atoms with E-state index in [1.165, 1.54) is 7.11 Å².